The van der Waals surface area contributed by atoms with Gasteiger partial charge in [-0.3, -0.25) is 19.3 Å². The van der Waals surface area contributed by atoms with Crippen LogP contribution in [0.25, 0.3) is 0 Å². The molecule has 3 amide bonds. The molecule has 0 radical (unpaired) electrons. The number of carbonyl (C=O) groups is 3. The van der Waals surface area contributed by atoms with Gasteiger partial charge in [0.2, 0.25) is 5.91 Å². The molecule has 9 nitrogen and oxygen atoms in total. The number of nitrogens with two attached hydrogens (primary N) is 2. The minimum atomic E-state index is -0.829. The third-order valence-electron chi connectivity index (χ3n) is 4.69. The van der Waals surface area contributed by atoms with E-state index >= 15 is 0 Å². The van der Waals surface area contributed by atoms with E-state index in [-0.39, 0.29) is 28.7 Å². The van der Waals surface area contributed by atoms with Gasteiger partial charge >= 0.3 is 0 Å². The summed E-state index contributed by atoms with van der Waals surface area (Å²) in [5.74, 6) is -1.34. The topological polar surface area (TPSA) is 141 Å². The summed E-state index contributed by atoms with van der Waals surface area (Å²) in [6.07, 6.45) is 0.713. The predicted octanol–water partition coefficient (Wildman–Crippen LogP) is 2.09. The molecule has 2 rings (SSSR count). The fraction of sp³-hybridized carbons (Fsp3) is 0.400. The number of primary amides is 1. The number of nitrogens with zero attached hydrogens (tertiary/aromatic N) is 2. The van der Waals surface area contributed by atoms with Crippen LogP contribution in [0.1, 0.15) is 52.9 Å². The lowest BCUT2D eigenvalue weighted by atomic mass is 10.0. The molecule has 0 saturated carbocycles. The molecule has 0 aliphatic rings. The largest absolute Gasteiger partial charge is 0.495 e. The fourth-order valence-electron chi connectivity index (χ4n) is 2.68. The van der Waals surface area contributed by atoms with Crippen molar-refractivity contribution in [2.24, 2.45) is 5.73 Å². The van der Waals surface area contributed by atoms with Crippen LogP contribution < -0.4 is 26.4 Å². The van der Waals surface area contributed by atoms with Gasteiger partial charge in [-0.2, -0.15) is 4.37 Å². The first-order chi connectivity index (χ1) is 14.0. The molecular weight excluding hydrogens is 406 g/mol. The van der Waals surface area contributed by atoms with Crippen molar-refractivity contribution >= 4 is 40.6 Å². The van der Waals surface area contributed by atoms with Crippen LogP contribution in [0.15, 0.2) is 18.2 Å². The van der Waals surface area contributed by atoms with Crippen LogP contribution in [0.3, 0.4) is 0 Å². The zero-order valence-electron chi connectivity index (χ0n) is 17.7. The number of carbonyl (C=O) groups excluding carboxylic acids is 3. The van der Waals surface area contributed by atoms with E-state index in [2.05, 4.69) is 9.69 Å². The quantitative estimate of drug-likeness (QED) is 0.582. The number of hydrogen-bond acceptors (Lipinski definition) is 7. The average Bonchev–Trinajstić information content (AvgIpc) is 3.07. The van der Waals surface area contributed by atoms with Gasteiger partial charge in [-0.1, -0.05) is 13.0 Å². The highest BCUT2D eigenvalue weighted by Crippen LogP contribution is 2.32. The highest BCUT2D eigenvalue weighted by molar-refractivity contribution is 7.09. The highest BCUT2D eigenvalue weighted by Gasteiger charge is 2.30. The SMILES string of the molecule is CCC(C)(C)NC(=O)CN(C(=O)c1snc(C(N)=O)c1N)c1cc(C)ccc1OC. The van der Waals surface area contributed by atoms with Gasteiger partial charge in [0.1, 0.15) is 17.2 Å². The number of benzene rings is 1. The lowest BCUT2D eigenvalue weighted by Crippen LogP contribution is -2.48. The molecule has 10 heteroatoms. The second-order valence-electron chi connectivity index (χ2n) is 7.49. The van der Waals surface area contributed by atoms with Crippen molar-refractivity contribution in [1.82, 2.24) is 9.69 Å². The Balaban J connectivity index is 2.51. The van der Waals surface area contributed by atoms with Crippen LogP contribution in [0.5, 0.6) is 5.75 Å². The highest BCUT2D eigenvalue weighted by atomic mass is 32.1. The van der Waals surface area contributed by atoms with Gasteiger partial charge < -0.3 is 21.5 Å². The molecule has 162 valence electrons. The molecule has 0 fully saturated rings. The number of amides is 3. The van der Waals surface area contributed by atoms with Gasteiger partial charge in [0.05, 0.1) is 18.5 Å². The molecule has 1 aromatic heterocycles. The monoisotopic (exact) mass is 433 g/mol. The third kappa shape index (κ3) is 5.07. The lowest BCUT2D eigenvalue weighted by Gasteiger charge is -2.28. The van der Waals surface area contributed by atoms with Crippen molar-refractivity contribution in [2.75, 3.05) is 24.3 Å². The van der Waals surface area contributed by atoms with Crippen LogP contribution in [0.2, 0.25) is 0 Å². The Morgan fingerprint density at radius 2 is 1.97 bits per heavy atom. The molecule has 0 atom stereocenters. The van der Waals surface area contributed by atoms with E-state index in [1.807, 2.05) is 33.8 Å². The van der Waals surface area contributed by atoms with Gasteiger partial charge in [-0.25, -0.2) is 0 Å². The Labute approximate surface area is 179 Å². The number of aryl methyl sites for hydroxylation is 1. The number of aromatic nitrogens is 1. The van der Waals surface area contributed by atoms with Crippen molar-refractivity contribution < 1.29 is 19.1 Å². The maximum atomic E-state index is 13.4. The minimum Gasteiger partial charge on any atom is -0.495 e. The van der Waals surface area contributed by atoms with E-state index in [0.29, 0.717) is 17.9 Å². The number of methoxy groups -OCH3 is 1. The molecule has 1 aromatic carbocycles. The Morgan fingerprint density at radius 1 is 1.30 bits per heavy atom. The summed E-state index contributed by atoms with van der Waals surface area (Å²) >= 11 is 0.758. The number of hydrogen-bond donors (Lipinski definition) is 3. The van der Waals surface area contributed by atoms with Crippen molar-refractivity contribution in [3.05, 3.63) is 34.3 Å². The van der Waals surface area contributed by atoms with E-state index in [1.54, 1.807) is 12.1 Å². The molecule has 30 heavy (non-hydrogen) atoms. The molecule has 0 bridgehead atoms. The molecule has 5 N–H and O–H groups in total. The first-order valence-electron chi connectivity index (χ1n) is 9.33. The number of ether oxygens (including phenoxy) is 1. The number of nitrogen functional groups attached to an aromatic ring is 1. The number of anilines is 2. The first-order valence-corrected chi connectivity index (χ1v) is 10.1. The molecule has 0 aliphatic heterocycles. The Bertz CT molecular complexity index is 970. The van der Waals surface area contributed by atoms with E-state index in [1.165, 1.54) is 12.0 Å². The Hall–Kier alpha value is -3.14. The fourth-order valence-corrected chi connectivity index (χ4v) is 3.43. The number of nitrogens with one attached hydrogen (secondary N) is 1. The zero-order chi connectivity index (χ0) is 22.6. The Morgan fingerprint density at radius 3 is 2.50 bits per heavy atom. The predicted molar refractivity (Wildman–Crippen MR) is 117 cm³/mol. The van der Waals surface area contributed by atoms with Gasteiger partial charge in [0.25, 0.3) is 11.8 Å². The molecule has 1 heterocycles. The molecule has 0 aliphatic carbocycles. The summed E-state index contributed by atoms with van der Waals surface area (Å²) < 4.78 is 9.29. The van der Waals surface area contributed by atoms with E-state index in [4.69, 9.17) is 16.2 Å². The number of rotatable bonds is 8. The standard InChI is InChI=1S/C20H27N5O4S/c1-6-20(3,4)23-14(26)10-25(12-9-11(2)7-8-13(12)29-5)19(28)17-15(21)16(18(22)27)24-30-17/h7-9H,6,10,21H2,1-5H3,(H2,22,27)(H,23,26). The van der Waals surface area contributed by atoms with E-state index in [9.17, 15) is 14.4 Å². The van der Waals surface area contributed by atoms with Crippen LogP contribution in [0.4, 0.5) is 11.4 Å². The van der Waals surface area contributed by atoms with Crippen LogP contribution >= 0.6 is 11.5 Å². The third-order valence-corrected chi connectivity index (χ3v) is 5.54. The maximum absolute atomic E-state index is 13.4. The summed E-state index contributed by atoms with van der Waals surface area (Å²) in [4.78, 5) is 38.9. The molecule has 0 saturated heterocycles. The zero-order valence-corrected chi connectivity index (χ0v) is 18.6. The van der Waals surface area contributed by atoms with E-state index in [0.717, 1.165) is 17.1 Å². The Kier molecular flexibility index (Phi) is 7.04. The lowest BCUT2D eigenvalue weighted by molar-refractivity contribution is -0.121. The van der Waals surface area contributed by atoms with E-state index < -0.39 is 17.4 Å². The molecule has 2 aromatic rings. The minimum absolute atomic E-state index is 0.0231. The molecular formula is C20H27N5O4S. The average molecular weight is 434 g/mol. The maximum Gasteiger partial charge on any atom is 0.272 e. The second-order valence-corrected chi connectivity index (χ2v) is 8.26. The molecule has 0 spiro atoms. The van der Waals surface area contributed by atoms with Gasteiger partial charge in [0, 0.05) is 5.54 Å². The first kappa shape index (κ1) is 23.1. The van der Waals surface area contributed by atoms with Gasteiger partial charge in [-0.05, 0) is 56.4 Å². The summed E-state index contributed by atoms with van der Waals surface area (Å²) in [7, 11) is 1.48. The summed E-state index contributed by atoms with van der Waals surface area (Å²) in [5.41, 5.74) is 11.8. The summed E-state index contributed by atoms with van der Waals surface area (Å²) in [5, 5.41) is 2.91. The van der Waals surface area contributed by atoms with Crippen molar-refractivity contribution in [3.63, 3.8) is 0 Å². The van der Waals surface area contributed by atoms with Gasteiger partial charge in [0.15, 0.2) is 5.69 Å². The van der Waals surface area contributed by atoms with Crippen LogP contribution in [-0.4, -0.2) is 41.3 Å². The second kappa shape index (κ2) is 9.12. The van der Waals surface area contributed by atoms with Crippen LogP contribution in [-0.2, 0) is 4.79 Å². The van der Waals surface area contributed by atoms with Gasteiger partial charge in [-0.15, -0.1) is 0 Å². The summed E-state index contributed by atoms with van der Waals surface area (Å²) in [6, 6.07) is 5.28. The van der Waals surface area contributed by atoms with Crippen molar-refractivity contribution in [3.8, 4) is 5.75 Å². The van der Waals surface area contributed by atoms with Crippen molar-refractivity contribution in [1.29, 1.82) is 0 Å². The smallest absolute Gasteiger partial charge is 0.272 e. The van der Waals surface area contributed by atoms with Crippen LogP contribution in [0, 0.1) is 6.92 Å². The summed E-state index contributed by atoms with van der Waals surface area (Å²) in [6.45, 7) is 7.33. The molecule has 0 unspecified atom stereocenters. The normalized spacial score (nSPS) is 11.1. The van der Waals surface area contributed by atoms with Crippen molar-refractivity contribution in [2.45, 2.75) is 39.7 Å².